The second kappa shape index (κ2) is 9.80. The molecule has 0 radical (unpaired) electrons. The van der Waals surface area contributed by atoms with E-state index in [0.29, 0.717) is 25.1 Å². The number of anilines is 1. The number of rotatable bonds is 7. The van der Waals surface area contributed by atoms with Crippen LogP contribution in [-0.2, 0) is 24.8 Å². The number of piperidine rings is 1. The van der Waals surface area contributed by atoms with Gasteiger partial charge in [-0.3, -0.25) is 4.79 Å². The Morgan fingerprint density at radius 1 is 1.12 bits per heavy atom. The maximum Gasteiger partial charge on any atom is 0.246 e. The lowest BCUT2D eigenvalue weighted by molar-refractivity contribution is -0.120. The van der Waals surface area contributed by atoms with Gasteiger partial charge in [0.2, 0.25) is 26.0 Å². The van der Waals surface area contributed by atoms with Crippen LogP contribution >= 0.6 is 0 Å². The molecular formula is C22H29N3O6S2. The number of methoxy groups -OCH3 is 1. The molecule has 1 heterocycles. The molecule has 1 aliphatic rings. The molecule has 1 amide bonds. The van der Waals surface area contributed by atoms with Crippen molar-refractivity contribution in [3.63, 3.8) is 0 Å². The zero-order chi connectivity index (χ0) is 24.4. The number of nitrogens with zero attached hydrogens (tertiary/aromatic N) is 1. The van der Waals surface area contributed by atoms with Crippen molar-refractivity contribution in [3.8, 4) is 5.75 Å². The smallest absolute Gasteiger partial charge is 0.246 e. The highest BCUT2D eigenvalue weighted by atomic mass is 32.2. The van der Waals surface area contributed by atoms with Gasteiger partial charge in [0.1, 0.15) is 10.6 Å². The SMILES string of the molecule is COc1ccc(C(C)C)cc1S(=O)(=O)N1CCC[C@@H](C(=O)Nc2ccc(S(N)(=O)=O)cc2)C1. The summed E-state index contributed by atoms with van der Waals surface area (Å²) in [6, 6.07) is 10.6. The molecule has 3 N–H and O–H groups in total. The van der Waals surface area contributed by atoms with Crippen molar-refractivity contribution >= 4 is 31.6 Å². The molecule has 0 saturated carbocycles. The molecule has 0 spiro atoms. The Morgan fingerprint density at radius 3 is 2.36 bits per heavy atom. The summed E-state index contributed by atoms with van der Waals surface area (Å²) in [7, 11) is -6.28. The van der Waals surface area contributed by atoms with E-state index in [-0.39, 0.29) is 33.9 Å². The monoisotopic (exact) mass is 495 g/mol. The fourth-order valence-corrected chi connectivity index (χ4v) is 5.97. The van der Waals surface area contributed by atoms with Crippen molar-refractivity contribution in [1.82, 2.24) is 4.31 Å². The first-order chi connectivity index (χ1) is 15.4. The number of hydrogen-bond acceptors (Lipinski definition) is 6. The molecule has 0 unspecified atom stereocenters. The molecule has 180 valence electrons. The quantitative estimate of drug-likeness (QED) is 0.606. The molecule has 2 aromatic rings. The van der Waals surface area contributed by atoms with E-state index in [4.69, 9.17) is 9.88 Å². The number of nitrogens with two attached hydrogens (primary N) is 1. The van der Waals surface area contributed by atoms with Gasteiger partial charge in [-0.2, -0.15) is 4.31 Å². The van der Waals surface area contributed by atoms with E-state index in [1.54, 1.807) is 12.1 Å². The van der Waals surface area contributed by atoms with Gasteiger partial charge in [0.25, 0.3) is 0 Å². The Morgan fingerprint density at radius 2 is 1.79 bits per heavy atom. The number of benzene rings is 2. The maximum atomic E-state index is 13.4. The predicted molar refractivity (Wildman–Crippen MR) is 125 cm³/mol. The van der Waals surface area contributed by atoms with E-state index >= 15 is 0 Å². The minimum atomic E-state index is -3.87. The van der Waals surface area contributed by atoms with Gasteiger partial charge in [0.05, 0.1) is 17.9 Å². The number of ether oxygens (including phenoxy) is 1. The van der Waals surface area contributed by atoms with Crippen LogP contribution in [0.2, 0.25) is 0 Å². The van der Waals surface area contributed by atoms with Crippen LogP contribution in [0.15, 0.2) is 52.3 Å². The third kappa shape index (κ3) is 5.72. The molecule has 9 nitrogen and oxygen atoms in total. The lowest BCUT2D eigenvalue weighted by Crippen LogP contribution is -2.43. The van der Waals surface area contributed by atoms with Crippen LogP contribution in [0.4, 0.5) is 5.69 Å². The third-order valence-electron chi connectivity index (χ3n) is 5.68. The molecular weight excluding hydrogens is 466 g/mol. The van der Waals surface area contributed by atoms with E-state index in [2.05, 4.69) is 5.32 Å². The summed E-state index contributed by atoms with van der Waals surface area (Å²) in [5, 5.41) is 7.82. The molecule has 11 heteroatoms. The summed E-state index contributed by atoms with van der Waals surface area (Å²) in [4.78, 5) is 12.9. The van der Waals surface area contributed by atoms with Crippen molar-refractivity contribution in [1.29, 1.82) is 0 Å². The highest BCUT2D eigenvalue weighted by molar-refractivity contribution is 7.89. The van der Waals surface area contributed by atoms with Crippen LogP contribution in [0.25, 0.3) is 0 Å². The van der Waals surface area contributed by atoms with Crippen LogP contribution in [0.3, 0.4) is 0 Å². The van der Waals surface area contributed by atoms with E-state index < -0.39 is 26.0 Å². The van der Waals surface area contributed by atoms with Gasteiger partial charge in [-0.25, -0.2) is 22.0 Å². The second-order valence-corrected chi connectivity index (χ2v) is 11.8. The van der Waals surface area contributed by atoms with Crippen molar-refractivity contribution in [3.05, 3.63) is 48.0 Å². The molecule has 0 aromatic heterocycles. The zero-order valence-corrected chi connectivity index (χ0v) is 20.4. The van der Waals surface area contributed by atoms with Gasteiger partial charge in [-0.05, 0) is 60.7 Å². The highest BCUT2D eigenvalue weighted by Crippen LogP contribution is 2.32. The molecule has 1 saturated heterocycles. The molecule has 3 rings (SSSR count). The largest absolute Gasteiger partial charge is 0.495 e. The minimum absolute atomic E-state index is 0.0402. The van der Waals surface area contributed by atoms with Gasteiger partial charge in [-0.15, -0.1) is 0 Å². The average molecular weight is 496 g/mol. The van der Waals surface area contributed by atoms with Crippen molar-refractivity contribution < 1.29 is 26.4 Å². The second-order valence-electron chi connectivity index (χ2n) is 8.33. The Labute approximate surface area is 195 Å². The summed E-state index contributed by atoms with van der Waals surface area (Å²) in [5.74, 6) is -0.474. The fraction of sp³-hybridized carbons (Fsp3) is 0.409. The first-order valence-corrected chi connectivity index (χ1v) is 13.5. The lowest BCUT2D eigenvalue weighted by Gasteiger charge is -2.31. The summed E-state index contributed by atoms with van der Waals surface area (Å²) in [6.07, 6.45) is 1.07. The topological polar surface area (TPSA) is 136 Å². The molecule has 0 aliphatic carbocycles. The van der Waals surface area contributed by atoms with Crippen LogP contribution in [0, 0.1) is 5.92 Å². The standard InChI is InChI=1S/C22H29N3O6S2/c1-15(2)16-6-11-20(31-3)21(13-16)33(29,30)25-12-4-5-17(14-25)22(26)24-18-7-9-19(10-8-18)32(23,27)28/h6-11,13,15,17H,4-5,12,14H2,1-3H3,(H,24,26)(H2,23,27,28)/t17-/m1/s1. The predicted octanol–water partition coefficient (Wildman–Crippen LogP) is 2.51. The summed E-state index contributed by atoms with van der Waals surface area (Å²) in [5.41, 5.74) is 1.28. The number of amides is 1. The van der Waals surface area contributed by atoms with Gasteiger partial charge in [0, 0.05) is 18.8 Å². The summed E-state index contributed by atoms with van der Waals surface area (Å²) in [6.45, 7) is 4.31. The first-order valence-electron chi connectivity index (χ1n) is 10.6. The van der Waals surface area contributed by atoms with E-state index in [1.165, 1.54) is 35.7 Å². The van der Waals surface area contributed by atoms with E-state index in [1.807, 2.05) is 19.9 Å². The Balaban J connectivity index is 1.78. The first kappa shape index (κ1) is 25.2. The van der Waals surface area contributed by atoms with Crippen LogP contribution in [0.1, 0.15) is 38.2 Å². The average Bonchev–Trinajstić information content (AvgIpc) is 2.78. The Bertz CT molecular complexity index is 1230. The summed E-state index contributed by atoms with van der Waals surface area (Å²) >= 11 is 0. The normalized spacial score (nSPS) is 17.7. The van der Waals surface area contributed by atoms with Crippen LogP contribution in [-0.4, -0.2) is 47.2 Å². The van der Waals surface area contributed by atoms with Gasteiger partial charge in [0.15, 0.2) is 0 Å². The minimum Gasteiger partial charge on any atom is -0.495 e. The highest BCUT2D eigenvalue weighted by Gasteiger charge is 2.35. The van der Waals surface area contributed by atoms with E-state index in [0.717, 1.165) is 5.56 Å². The third-order valence-corrected chi connectivity index (χ3v) is 8.49. The number of carbonyl (C=O) groups is 1. The number of hydrogen-bond donors (Lipinski definition) is 2. The van der Waals surface area contributed by atoms with Crippen LogP contribution in [0.5, 0.6) is 5.75 Å². The van der Waals surface area contributed by atoms with Crippen LogP contribution < -0.4 is 15.2 Å². The number of sulfonamides is 2. The molecule has 33 heavy (non-hydrogen) atoms. The molecule has 1 fully saturated rings. The lowest BCUT2D eigenvalue weighted by atomic mass is 9.99. The van der Waals surface area contributed by atoms with Crippen molar-refractivity contribution in [2.45, 2.75) is 42.4 Å². The van der Waals surface area contributed by atoms with Crippen molar-refractivity contribution in [2.24, 2.45) is 11.1 Å². The number of nitrogens with one attached hydrogen (secondary N) is 1. The molecule has 1 aliphatic heterocycles. The van der Waals surface area contributed by atoms with Gasteiger partial charge in [-0.1, -0.05) is 19.9 Å². The zero-order valence-electron chi connectivity index (χ0n) is 18.8. The van der Waals surface area contributed by atoms with Gasteiger partial charge < -0.3 is 10.1 Å². The maximum absolute atomic E-state index is 13.4. The fourth-order valence-electron chi connectivity index (χ4n) is 3.74. The molecule has 0 bridgehead atoms. The Hall–Kier alpha value is -2.47. The summed E-state index contributed by atoms with van der Waals surface area (Å²) < 4.78 is 56.3. The molecule has 1 atom stereocenters. The van der Waals surface area contributed by atoms with Gasteiger partial charge >= 0.3 is 0 Å². The van der Waals surface area contributed by atoms with Crippen molar-refractivity contribution in [2.75, 3.05) is 25.5 Å². The van der Waals surface area contributed by atoms with E-state index in [9.17, 15) is 21.6 Å². The number of primary sulfonamides is 1. The molecule has 2 aromatic carbocycles. The Kier molecular flexibility index (Phi) is 7.47. The number of carbonyl (C=O) groups excluding carboxylic acids is 1.